The summed E-state index contributed by atoms with van der Waals surface area (Å²) in [4.78, 5) is 22.3. The third-order valence-corrected chi connectivity index (χ3v) is 2.84. The summed E-state index contributed by atoms with van der Waals surface area (Å²) in [6, 6.07) is 4.33. The topological polar surface area (TPSA) is 66.4 Å². The number of aromatic carboxylic acids is 1. The Kier molecular flexibility index (Phi) is 4.52. The van der Waals surface area contributed by atoms with Crippen LogP contribution in [0.3, 0.4) is 0 Å². The molecule has 1 rings (SSSR count). The Morgan fingerprint density at radius 2 is 2.12 bits per heavy atom. The van der Waals surface area contributed by atoms with Gasteiger partial charge in [-0.15, -0.1) is 0 Å². The highest BCUT2D eigenvalue weighted by Crippen LogP contribution is 2.21. The van der Waals surface area contributed by atoms with Gasteiger partial charge in [0, 0.05) is 11.6 Å². The molecule has 0 fully saturated rings. The van der Waals surface area contributed by atoms with Crippen LogP contribution in [0.15, 0.2) is 18.2 Å². The zero-order valence-corrected chi connectivity index (χ0v) is 10.4. The summed E-state index contributed by atoms with van der Waals surface area (Å²) in [5.74, 6) is -1.28. The van der Waals surface area contributed by atoms with Crippen molar-refractivity contribution in [3.05, 3.63) is 28.8 Å². The lowest BCUT2D eigenvalue weighted by molar-refractivity contribution is -0.119. The number of anilines is 1. The van der Waals surface area contributed by atoms with Gasteiger partial charge in [-0.25, -0.2) is 4.79 Å². The molecule has 92 valence electrons. The molecule has 0 saturated heterocycles. The molecule has 1 unspecified atom stereocenters. The number of nitrogens with one attached hydrogen (secondary N) is 1. The Labute approximate surface area is 105 Å². The van der Waals surface area contributed by atoms with E-state index in [1.807, 2.05) is 13.8 Å². The average molecular weight is 256 g/mol. The van der Waals surface area contributed by atoms with Crippen molar-refractivity contribution in [3.8, 4) is 0 Å². The van der Waals surface area contributed by atoms with Crippen molar-refractivity contribution < 1.29 is 14.7 Å². The minimum atomic E-state index is -1.09. The van der Waals surface area contributed by atoms with E-state index in [-0.39, 0.29) is 22.4 Å². The molecule has 0 aliphatic carbocycles. The third kappa shape index (κ3) is 3.46. The second-order valence-electron chi connectivity index (χ2n) is 3.80. The van der Waals surface area contributed by atoms with Crippen LogP contribution in [0.4, 0.5) is 5.69 Å². The van der Waals surface area contributed by atoms with Gasteiger partial charge in [-0.2, -0.15) is 0 Å². The number of hydrogen-bond donors (Lipinski definition) is 2. The first kappa shape index (κ1) is 13.5. The number of carbonyl (C=O) groups is 2. The van der Waals surface area contributed by atoms with Crippen molar-refractivity contribution in [1.82, 2.24) is 0 Å². The number of carboxylic acid groups (broad SMARTS) is 1. The first-order valence-corrected chi connectivity index (χ1v) is 5.67. The highest BCUT2D eigenvalue weighted by Gasteiger charge is 2.13. The molecule has 17 heavy (non-hydrogen) atoms. The molecule has 0 aromatic heterocycles. The minimum absolute atomic E-state index is 0.0215. The summed E-state index contributed by atoms with van der Waals surface area (Å²) in [6.45, 7) is 3.74. The van der Waals surface area contributed by atoms with Crippen LogP contribution in [0, 0.1) is 5.92 Å². The summed E-state index contributed by atoms with van der Waals surface area (Å²) in [5, 5.41) is 11.6. The number of halogens is 1. The Bertz CT molecular complexity index is 445. The van der Waals surface area contributed by atoms with Gasteiger partial charge in [0.25, 0.3) is 0 Å². The number of benzene rings is 1. The van der Waals surface area contributed by atoms with Crippen molar-refractivity contribution in [2.75, 3.05) is 5.32 Å². The van der Waals surface area contributed by atoms with E-state index in [1.54, 1.807) is 0 Å². The lowest BCUT2D eigenvalue weighted by Gasteiger charge is -2.10. The number of carbonyl (C=O) groups excluding carboxylic acids is 1. The third-order valence-electron chi connectivity index (χ3n) is 2.53. The predicted molar refractivity (Wildman–Crippen MR) is 66.5 cm³/mol. The first-order valence-electron chi connectivity index (χ1n) is 5.29. The Morgan fingerprint density at radius 1 is 1.47 bits per heavy atom. The van der Waals surface area contributed by atoms with Crippen molar-refractivity contribution >= 4 is 29.2 Å². The number of amides is 1. The van der Waals surface area contributed by atoms with Gasteiger partial charge < -0.3 is 10.4 Å². The molecule has 0 bridgehead atoms. The maximum atomic E-state index is 11.6. The van der Waals surface area contributed by atoms with Crippen LogP contribution in [0.5, 0.6) is 0 Å². The number of carboxylic acids is 1. The van der Waals surface area contributed by atoms with Gasteiger partial charge in [0.15, 0.2) is 0 Å². The zero-order chi connectivity index (χ0) is 13.0. The van der Waals surface area contributed by atoms with Gasteiger partial charge in [-0.05, 0) is 24.6 Å². The minimum Gasteiger partial charge on any atom is -0.478 e. The summed E-state index contributed by atoms with van der Waals surface area (Å²) < 4.78 is 0. The van der Waals surface area contributed by atoms with Crippen LogP contribution in [0.25, 0.3) is 0 Å². The van der Waals surface area contributed by atoms with Crippen molar-refractivity contribution in [2.24, 2.45) is 5.92 Å². The number of hydrogen-bond acceptors (Lipinski definition) is 2. The molecule has 1 atom stereocenters. The van der Waals surface area contributed by atoms with Crippen LogP contribution < -0.4 is 5.32 Å². The van der Waals surface area contributed by atoms with Crippen molar-refractivity contribution in [2.45, 2.75) is 20.3 Å². The normalized spacial score (nSPS) is 11.9. The molecule has 1 aromatic rings. The maximum absolute atomic E-state index is 11.6. The van der Waals surface area contributed by atoms with Gasteiger partial charge in [0.1, 0.15) is 0 Å². The second kappa shape index (κ2) is 5.68. The molecule has 1 amide bonds. The van der Waals surface area contributed by atoms with Crippen LogP contribution in [-0.4, -0.2) is 17.0 Å². The molecule has 0 heterocycles. The van der Waals surface area contributed by atoms with E-state index in [4.69, 9.17) is 16.7 Å². The fraction of sp³-hybridized carbons (Fsp3) is 0.333. The highest BCUT2D eigenvalue weighted by molar-refractivity contribution is 6.33. The van der Waals surface area contributed by atoms with Crippen LogP contribution in [0.1, 0.15) is 30.6 Å². The quantitative estimate of drug-likeness (QED) is 0.869. The standard InChI is InChI=1S/C12H14ClNO3/c1-3-7(2)11(15)14-8-4-5-9(12(16)17)10(13)6-8/h4-7H,3H2,1-2H3,(H,14,15)(H,16,17). The molecule has 0 spiro atoms. The summed E-state index contributed by atoms with van der Waals surface area (Å²) in [7, 11) is 0. The smallest absolute Gasteiger partial charge is 0.337 e. The van der Waals surface area contributed by atoms with Crippen LogP contribution >= 0.6 is 11.6 Å². The van der Waals surface area contributed by atoms with Crippen molar-refractivity contribution in [3.63, 3.8) is 0 Å². The second-order valence-corrected chi connectivity index (χ2v) is 4.21. The first-order chi connectivity index (χ1) is 7.95. The highest BCUT2D eigenvalue weighted by atomic mass is 35.5. The molecule has 0 radical (unpaired) electrons. The van der Waals surface area contributed by atoms with Gasteiger partial charge >= 0.3 is 5.97 Å². The van der Waals surface area contributed by atoms with Crippen LogP contribution in [0.2, 0.25) is 5.02 Å². The van der Waals surface area contributed by atoms with E-state index in [1.165, 1.54) is 18.2 Å². The zero-order valence-electron chi connectivity index (χ0n) is 9.66. The van der Waals surface area contributed by atoms with Gasteiger partial charge in [0.05, 0.1) is 10.6 Å². The molecular weight excluding hydrogens is 242 g/mol. The van der Waals surface area contributed by atoms with E-state index in [9.17, 15) is 9.59 Å². The molecule has 4 nitrogen and oxygen atoms in total. The average Bonchev–Trinajstić information content (AvgIpc) is 2.27. The predicted octanol–water partition coefficient (Wildman–Crippen LogP) is 3.02. The molecule has 0 aliphatic heterocycles. The molecule has 0 saturated carbocycles. The van der Waals surface area contributed by atoms with E-state index >= 15 is 0 Å². The Balaban J connectivity index is 2.84. The lowest BCUT2D eigenvalue weighted by Crippen LogP contribution is -2.19. The van der Waals surface area contributed by atoms with Crippen molar-refractivity contribution in [1.29, 1.82) is 0 Å². The largest absolute Gasteiger partial charge is 0.478 e. The lowest BCUT2D eigenvalue weighted by atomic mass is 10.1. The van der Waals surface area contributed by atoms with E-state index < -0.39 is 5.97 Å². The Hall–Kier alpha value is -1.55. The van der Waals surface area contributed by atoms with Gasteiger partial charge in [-0.1, -0.05) is 25.4 Å². The Morgan fingerprint density at radius 3 is 2.59 bits per heavy atom. The van der Waals surface area contributed by atoms with E-state index in [2.05, 4.69) is 5.32 Å². The van der Waals surface area contributed by atoms with Gasteiger partial charge in [0.2, 0.25) is 5.91 Å². The molecule has 0 aliphatic rings. The maximum Gasteiger partial charge on any atom is 0.337 e. The van der Waals surface area contributed by atoms with Crippen LogP contribution in [-0.2, 0) is 4.79 Å². The fourth-order valence-electron chi connectivity index (χ4n) is 1.22. The number of rotatable bonds is 4. The van der Waals surface area contributed by atoms with Gasteiger partial charge in [-0.3, -0.25) is 4.79 Å². The van der Waals surface area contributed by atoms with E-state index in [0.29, 0.717) is 5.69 Å². The summed E-state index contributed by atoms with van der Waals surface area (Å²) in [5.41, 5.74) is 0.526. The summed E-state index contributed by atoms with van der Waals surface area (Å²) >= 11 is 5.79. The van der Waals surface area contributed by atoms with E-state index in [0.717, 1.165) is 6.42 Å². The monoisotopic (exact) mass is 255 g/mol. The molecular formula is C12H14ClNO3. The summed E-state index contributed by atoms with van der Waals surface area (Å²) in [6.07, 6.45) is 0.743. The molecule has 5 heteroatoms. The molecule has 1 aromatic carbocycles. The molecule has 2 N–H and O–H groups in total. The fourth-order valence-corrected chi connectivity index (χ4v) is 1.48. The SMILES string of the molecule is CCC(C)C(=O)Nc1ccc(C(=O)O)c(Cl)c1.